The van der Waals surface area contributed by atoms with Gasteiger partial charge in [-0.3, -0.25) is 13.5 Å². The van der Waals surface area contributed by atoms with Crippen molar-refractivity contribution < 1.29 is 35.7 Å². The first kappa shape index (κ1) is 17.5. The highest BCUT2D eigenvalue weighted by Gasteiger charge is 2.23. The van der Waals surface area contributed by atoms with Gasteiger partial charge in [0.05, 0.1) is 32.1 Å². The third-order valence-electron chi connectivity index (χ3n) is 1.97. The van der Waals surface area contributed by atoms with Gasteiger partial charge in [0.2, 0.25) is 0 Å². The third-order valence-corrected chi connectivity index (χ3v) is 5.04. The van der Waals surface area contributed by atoms with E-state index in [9.17, 15) is 17.8 Å². The molecular formula is C8H17O8PS. The lowest BCUT2D eigenvalue weighted by molar-refractivity contribution is -0.140. The van der Waals surface area contributed by atoms with Gasteiger partial charge in [-0.2, -0.15) is 8.42 Å². The van der Waals surface area contributed by atoms with Crippen molar-refractivity contribution in [2.24, 2.45) is 0 Å². The van der Waals surface area contributed by atoms with E-state index in [0.29, 0.717) is 0 Å². The monoisotopic (exact) mass is 304 g/mol. The molecule has 0 heterocycles. The molecule has 0 rings (SSSR count). The van der Waals surface area contributed by atoms with Crippen molar-refractivity contribution in [3.05, 3.63) is 0 Å². The molecular weight excluding hydrogens is 287 g/mol. The minimum absolute atomic E-state index is 0.197. The molecule has 8 nitrogen and oxygen atoms in total. The topological polar surface area (TPSA) is 105 Å². The SMILES string of the molecule is COC(=O)CCS(=O)(=O)OCCP(=O)(OC)OC. The Morgan fingerprint density at radius 2 is 1.72 bits per heavy atom. The van der Waals surface area contributed by atoms with E-state index < -0.39 is 29.4 Å². The van der Waals surface area contributed by atoms with Gasteiger partial charge in [-0.15, -0.1) is 0 Å². The summed E-state index contributed by atoms with van der Waals surface area (Å²) in [6, 6.07) is 0. The van der Waals surface area contributed by atoms with Crippen molar-refractivity contribution in [3.8, 4) is 0 Å². The minimum atomic E-state index is -3.86. The Labute approximate surface area is 106 Å². The Balaban J connectivity index is 4.13. The fourth-order valence-corrected chi connectivity index (χ4v) is 2.73. The molecule has 0 aromatic rings. The third kappa shape index (κ3) is 7.07. The highest BCUT2D eigenvalue weighted by atomic mass is 32.2. The predicted octanol–water partition coefficient (Wildman–Crippen LogP) is 0.382. The summed E-state index contributed by atoms with van der Waals surface area (Å²) >= 11 is 0. The molecule has 0 bridgehead atoms. The highest BCUT2D eigenvalue weighted by Crippen LogP contribution is 2.45. The van der Waals surface area contributed by atoms with Crippen molar-refractivity contribution in [2.45, 2.75) is 6.42 Å². The van der Waals surface area contributed by atoms with Gasteiger partial charge in [0.15, 0.2) is 0 Å². The summed E-state index contributed by atoms with van der Waals surface area (Å²) < 4.78 is 52.2. The van der Waals surface area contributed by atoms with Crippen LogP contribution < -0.4 is 0 Å². The molecule has 0 aliphatic carbocycles. The lowest BCUT2D eigenvalue weighted by Gasteiger charge is -2.13. The first-order chi connectivity index (χ1) is 8.28. The lowest BCUT2D eigenvalue weighted by atomic mass is 10.5. The zero-order valence-corrected chi connectivity index (χ0v) is 12.2. The quantitative estimate of drug-likeness (QED) is 0.342. The van der Waals surface area contributed by atoms with Gasteiger partial charge in [0.25, 0.3) is 10.1 Å². The summed E-state index contributed by atoms with van der Waals surface area (Å²) in [5, 5.41) is 0. The second-order valence-corrected chi connectivity index (χ2v) is 7.27. The molecule has 0 aliphatic heterocycles. The van der Waals surface area contributed by atoms with Crippen molar-refractivity contribution in [1.82, 2.24) is 0 Å². The van der Waals surface area contributed by atoms with Crippen molar-refractivity contribution >= 4 is 23.7 Å². The molecule has 0 saturated carbocycles. The summed E-state index contributed by atoms with van der Waals surface area (Å²) in [6.07, 6.45) is -0.498. The van der Waals surface area contributed by atoms with E-state index in [0.717, 1.165) is 7.11 Å². The summed E-state index contributed by atoms with van der Waals surface area (Å²) in [4.78, 5) is 10.8. The van der Waals surface area contributed by atoms with Crippen LogP contribution in [0.15, 0.2) is 0 Å². The average Bonchev–Trinajstić information content (AvgIpc) is 2.35. The number of carbonyl (C=O) groups is 1. The van der Waals surface area contributed by atoms with E-state index in [2.05, 4.69) is 18.0 Å². The molecule has 10 heteroatoms. The minimum Gasteiger partial charge on any atom is -0.469 e. The van der Waals surface area contributed by atoms with Crippen LogP contribution in [0.3, 0.4) is 0 Å². The molecule has 0 unspecified atom stereocenters. The molecule has 0 fully saturated rings. The van der Waals surface area contributed by atoms with Gasteiger partial charge >= 0.3 is 13.6 Å². The zero-order chi connectivity index (χ0) is 14.2. The first-order valence-corrected chi connectivity index (χ1v) is 8.23. The number of rotatable bonds is 9. The normalized spacial score (nSPS) is 12.4. The summed E-state index contributed by atoms with van der Waals surface area (Å²) in [7, 11) is -3.61. The summed E-state index contributed by atoms with van der Waals surface area (Å²) in [6.45, 7) is -0.345. The number of hydrogen-bond acceptors (Lipinski definition) is 8. The lowest BCUT2D eigenvalue weighted by Crippen LogP contribution is -2.17. The van der Waals surface area contributed by atoms with Crippen LogP contribution in [0.5, 0.6) is 0 Å². The van der Waals surface area contributed by atoms with Crippen LogP contribution in [-0.2, 0) is 37.4 Å². The molecule has 0 atom stereocenters. The molecule has 0 amide bonds. The Hall–Kier alpha value is -0.470. The number of methoxy groups -OCH3 is 1. The standard InChI is InChI=1S/C8H17O8PS/c1-13-8(9)4-7-18(11,12)16-5-6-17(10,14-2)15-3/h4-7H2,1-3H3. The van der Waals surface area contributed by atoms with Gasteiger partial charge in [-0.1, -0.05) is 0 Å². The maximum Gasteiger partial charge on any atom is 0.332 e. The molecule has 0 aliphatic rings. The number of esters is 1. The molecule has 0 saturated heterocycles. The van der Waals surface area contributed by atoms with E-state index in [4.69, 9.17) is 0 Å². The zero-order valence-electron chi connectivity index (χ0n) is 10.4. The van der Waals surface area contributed by atoms with Crippen LogP contribution in [0.1, 0.15) is 6.42 Å². The molecule has 18 heavy (non-hydrogen) atoms. The molecule has 0 N–H and O–H groups in total. The van der Waals surface area contributed by atoms with Gasteiger partial charge in [0, 0.05) is 14.2 Å². The molecule has 0 spiro atoms. The van der Waals surface area contributed by atoms with Gasteiger partial charge in [-0.05, 0) is 0 Å². The molecule has 108 valence electrons. The predicted molar refractivity (Wildman–Crippen MR) is 62.9 cm³/mol. The Bertz CT molecular complexity index is 395. The van der Waals surface area contributed by atoms with Crippen LogP contribution >= 0.6 is 7.60 Å². The fourth-order valence-electron chi connectivity index (χ4n) is 0.902. The van der Waals surface area contributed by atoms with Crippen molar-refractivity contribution in [1.29, 1.82) is 0 Å². The second kappa shape index (κ2) is 7.85. The Morgan fingerprint density at radius 3 is 2.17 bits per heavy atom. The van der Waals surface area contributed by atoms with Gasteiger partial charge < -0.3 is 13.8 Å². The van der Waals surface area contributed by atoms with Crippen LogP contribution in [0, 0.1) is 0 Å². The fraction of sp³-hybridized carbons (Fsp3) is 0.875. The summed E-state index contributed by atoms with van der Waals surface area (Å²) in [5.41, 5.74) is 0. The number of carbonyl (C=O) groups excluding carboxylic acids is 1. The Kier molecular flexibility index (Phi) is 7.65. The van der Waals surface area contributed by atoms with E-state index in [-0.39, 0.29) is 19.2 Å². The van der Waals surface area contributed by atoms with E-state index >= 15 is 0 Å². The Morgan fingerprint density at radius 1 is 1.17 bits per heavy atom. The van der Waals surface area contributed by atoms with Crippen LogP contribution in [0.4, 0.5) is 0 Å². The first-order valence-electron chi connectivity index (χ1n) is 4.93. The van der Waals surface area contributed by atoms with Crippen LogP contribution in [0.2, 0.25) is 0 Å². The number of hydrogen-bond donors (Lipinski definition) is 0. The molecule has 0 aromatic carbocycles. The largest absolute Gasteiger partial charge is 0.469 e. The van der Waals surface area contributed by atoms with E-state index in [1.165, 1.54) is 14.2 Å². The van der Waals surface area contributed by atoms with Crippen molar-refractivity contribution in [2.75, 3.05) is 39.9 Å². The second-order valence-electron chi connectivity index (χ2n) is 3.11. The summed E-state index contributed by atoms with van der Waals surface area (Å²) in [5.74, 6) is -1.15. The van der Waals surface area contributed by atoms with Gasteiger partial charge in [-0.25, -0.2) is 0 Å². The van der Waals surface area contributed by atoms with E-state index in [1.54, 1.807) is 0 Å². The molecule has 0 aromatic heterocycles. The van der Waals surface area contributed by atoms with Crippen LogP contribution in [0.25, 0.3) is 0 Å². The molecule has 0 radical (unpaired) electrons. The van der Waals surface area contributed by atoms with Crippen LogP contribution in [-0.4, -0.2) is 54.2 Å². The van der Waals surface area contributed by atoms with E-state index in [1.807, 2.05) is 0 Å². The van der Waals surface area contributed by atoms with Crippen molar-refractivity contribution in [3.63, 3.8) is 0 Å². The smallest absolute Gasteiger partial charge is 0.332 e. The maximum atomic E-state index is 11.6. The van der Waals surface area contributed by atoms with Gasteiger partial charge in [0.1, 0.15) is 0 Å². The number of ether oxygens (including phenoxy) is 1. The highest BCUT2D eigenvalue weighted by molar-refractivity contribution is 7.86. The maximum absolute atomic E-state index is 11.6. The average molecular weight is 304 g/mol.